The van der Waals surface area contributed by atoms with Gasteiger partial charge in [0.05, 0.1) is 0 Å². The van der Waals surface area contributed by atoms with Crippen LogP contribution in [0.15, 0.2) is 42.7 Å². The van der Waals surface area contributed by atoms with Crippen molar-refractivity contribution < 1.29 is 0 Å². The summed E-state index contributed by atoms with van der Waals surface area (Å²) in [6.45, 7) is 1.04. The highest BCUT2D eigenvalue weighted by atomic mass is 15.2. The van der Waals surface area contributed by atoms with E-state index in [4.69, 9.17) is 0 Å². The summed E-state index contributed by atoms with van der Waals surface area (Å²) >= 11 is 0. The number of fused-ring (bicyclic) bond motifs is 2. The van der Waals surface area contributed by atoms with Crippen LogP contribution in [0.25, 0.3) is 11.4 Å². The summed E-state index contributed by atoms with van der Waals surface area (Å²) in [4.78, 5) is 0. The van der Waals surface area contributed by atoms with Gasteiger partial charge in [-0.1, -0.05) is 24.3 Å². The molecule has 1 aromatic carbocycles. The van der Waals surface area contributed by atoms with E-state index < -0.39 is 0 Å². The Hall–Kier alpha value is -2.10. The van der Waals surface area contributed by atoms with Crippen molar-refractivity contribution in [1.29, 1.82) is 0 Å². The van der Waals surface area contributed by atoms with Gasteiger partial charge in [-0.05, 0) is 42.7 Å². The predicted octanol–water partition coefficient (Wildman–Crippen LogP) is 3.11. The highest BCUT2D eigenvalue weighted by Crippen LogP contribution is 2.43. The summed E-state index contributed by atoms with van der Waals surface area (Å²) in [5.74, 6) is 3.29. The van der Waals surface area contributed by atoms with E-state index >= 15 is 0 Å². The lowest BCUT2D eigenvalue weighted by molar-refractivity contribution is 0.472. The SMILES string of the molecule is Cn1cnnc1-c1ccccc1NCC1CC2C=CC1C2. The molecule has 3 unspecified atom stereocenters. The van der Waals surface area contributed by atoms with Gasteiger partial charge in [-0.2, -0.15) is 0 Å². The maximum atomic E-state index is 4.23. The summed E-state index contributed by atoms with van der Waals surface area (Å²) in [5, 5.41) is 11.9. The molecule has 0 aliphatic heterocycles. The fourth-order valence-corrected chi connectivity index (χ4v) is 3.73. The van der Waals surface area contributed by atoms with Gasteiger partial charge in [-0.15, -0.1) is 10.2 Å². The standard InChI is InChI=1S/C17H20N4/c1-21-11-19-20-17(21)15-4-2-3-5-16(15)18-10-14-9-12-6-7-13(14)8-12/h2-7,11-14,18H,8-10H2,1H3. The lowest BCUT2D eigenvalue weighted by Crippen LogP contribution is -2.18. The molecule has 1 N–H and O–H groups in total. The Bertz CT molecular complexity index is 673. The van der Waals surface area contributed by atoms with Gasteiger partial charge in [0, 0.05) is 24.8 Å². The molecular weight excluding hydrogens is 260 g/mol. The Morgan fingerprint density at radius 1 is 1.24 bits per heavy atom. The fraction of sp³-hybridized carbons (Fsp3) is 0.412. The molecule has 2 aromatic rings. The van der Waals surface area contributed by atoms with Gasteiger partial charge in [0.1, 0.15) is 6.33 Å². The summed E-state index contributed by atoms with van der Waals surface area (Å²) in [6, 6.07) is 8.36. The minimum Gasteiger partial charge on any atom is -0.384 e. The second kappa shape index (κ2) is 5.02. The number of para-hydroxylation sites is 1. The summed E-state index contributed by atoms with van der Waals surface area (Å²) in [5.41, 5.74) is 2.27. The van der Waals surface area contributed by atoms with Gasteiger partial charge in [-0.3, -0.25) is 0 Å². The first kappa shape index (κ1) is 12.6. The van der Waals surface area contributed by atoms with Crippen LogP contribution in [0.5, 0.6) is 0 Å². The molecule has 4 heteroatoms. The second-order valence-electron chi connectivity index (χ2n) is 6.23. The highest BCUT2D eigenvalue weighted by molar-refractivity contribution is 5.73. The van der Waals surface area contributed by atoms with Gasteiger partial charge >= 0.3 is 0 Å². The zero-order valence-electron chi connectivity index (χ0n) is 12.2. The predicted molar refractivity (Wildman–Crippen MR) is 83.8 cm³/mol. The zero-order chi connectivity index (χ0) is 14.2. The zero-order valence-corrected chi connectivity index (χ0v) is 12.2. The molecule has 4 nitrogen and oxygen atoms in total. The van der Waals surface area contributed by atoms with Crippen LogP contribution in [0.3, 0.4) is 0 Å². The molecule has 2 bridgehead atoms. The molecule has 0 radical (unpaired) electrons. The van der Waals surface area contributed by atoms with Gasteiger partial charge in [0.25, 0.3) is 0 Å². The Balaban J connectivity index is 1.53. The maximum absolute atomic E-state index is 4.23. The quantitative estimate of drug-likeness (QED) is 0.875. The van der Waals surface area contributed by atoms with Gasteiger partial charge in [-0.25, -0.2) is 0 Å². The monoisotopic (exact) mass is 280 g/mol. The van der Waals surface area contributed by atoms with E-state index in [1.807, 2.05) is 11.6 Å². The summed E-state index contributed by atoms with van der Waals surface area (Å²) in [7, 11) is 1.98. The molecule has 1 heterocycles. The normalized spacial score (nSPS) is 26.4. The van der Waals surface area contributed by atoms with Crippen LogP contribution in [0.2, 0.25) is 0 Å². The van der Waals surface area contributed by atoms with Crippen molar-refractivity contribution in [2.24, 2.45) is 24.8 Å². The molecule has 2 aliphatic carbocycles. The van der Waals surface area contributed by atoms with E-state index in [-0.39, 0.29) is 0 Å². The topological polar surface area (TPSA) is 42.7 Å². The van der Waals surface area contributed by atoms with Crippen molar-refractivity contribution in [3.05, 3.63) is 42.7 Å². The molecule has 0 spiro atoms. The van der Waals surface area contributed by atoms with Crippen LogP contribution in [0.1, 0.15) is 12.8 Å². The van der Waals surface area contributed by atoms with Crippen LogP contribution in [0.4, 0.5) is 5.69 Å². The number of allylic oxidation sites excluding steroid dienone is 2. The van der Waals surface area contributed by atoms with Crippen LogP contribution in [-0.4, -0.2) is 21.3 Å². The molecule has 4 rings (SSSR count). The number of hydrogen-bond donors (Lipinski definition) is 1. The van der Waals surface area contributed by atoms with E-state index in [0.29, 0.717) is 0 Å². The number of aromatic nitrogens is 3. The Kier molecular flexibility index (Phi) is 3.02. The molecule has 2 aliphatic rings. The van der Waals surface area contributed by atoms with Crippen molar-refractivity contribution in [2.75, 3.05) is 11.9 Å². The molecule has 1 saturated carbocycles. The fourth-order valence-electron chi connectivity index (χ4n) is 3.73. The number of rotatable bonds is 4. The van der Waals surface area contributed by atoms with Crippen LogP contribution in [0, 0.1) is 17.8 Å². The maximum Gasteiger partial charge on any atom is 0.165 e. The van der Waals surface area contributed by atoms with Crippen molar-refractivity contribution in [3.63, 3.8) is 0 Å². The number of anilines is 1. The first-order chi connectivity index (χ1) is 10.3. The molecule has 0 amide bonds. The van der Waals surface area contributed by atoms with E-state index in [2.05, 4.69) is 51.9 Å². The number of nitrogens with one attached hydrogen (secondary N) is 1. The number of hydrogen-bond acceptors (Lipinski definition) is 3. The molecule has 21 heavy (non-hydrogen) atoms. The Morgan fingerprint density at radius 2 is 2.14 bits per heavy atom. The molecular formula is C17H20N4. The highest BCUT2D eigenvalue weighted by Gasteiger charge is 2.35. The first-order valence-corrected chi connectivity index (χ1v) is 7.67. The Morgan fingerprint density at radius 3 is 2.86 bits per heavy atom. The largest absolute Gasteiger partial charge is 0.384 e. The number of benzene rings is 1. The minimum atomic E-state index is 0.771. The molecule has 0 saturated heterocycles. The lowest BCUT2D eigenvalue weighted by atomic mass is 9.93. The van der Waals surface area contributed by atoms with Crippen molar-refractivity contribution >= 4 is 5.69 Å². The molecule has 1 fully saturated rings. The van der Waals surface area contributed by atoms with Gasteiger partial charge in [0.15, 0.2) is 5.82 Å². The minimum absolute atomic E-state index is 0.771. The van der Waals surface area contributed by atoms with Crippen molar-refractivity contribution in [1.82, 2.24) is 14.8 Å². The number of aryl methyl sites for hydroxylation is 1. The summed E-state index contributed by atoms with van der Waals surface area (Å²) in [6.07, 6.45) is 9.24. The first-order valence-electron chi connectivity index (χ1n) is 7.67. The van der Waals surface area contributed by atoms with E-state index in [1.54, 1.807) is 6.33 Å². The number of nitrogens with zero attached hydrogens (tertiary/aromatic N) is 3. The average molecular weight is 280 g/mol. The lowest BCUT2D eigenvalue weighted by Gasteiger charge is -2.20. The summed E-state index contributed by atoms with van der Waals surface area (Å²) < 4.78 is 1.96. The van der Waals surface area contributed by atoms with Crippen LogP contribution < -0.4 is 5.32 Å². The third-order valence-electron chi connectivity index (χ3n) is 4.85. The van der Waals surface area contributed by atoms with E-state index in [0.717, 1.165) is 41.4 Å². The third-order valence-corrected chi connectivity index (χ3v) is 4.85. The van der Waals surface area contributed by atoms with Crippen molar-refractivity contribution in [3.8, 4) is 11.4 Å². The van der Waals surface area contributed by atoms with Crippen LogP contribution >= 0.6 is 0 Å². The van der Waals surface area contributed by atoms with Gasteiger partial charge in [0.2, 0.25) is 0 Å². The van der Waals surface area contributed by atoms with E-state index in [9.17, 15) is 0 Å². The average Bonchev–Trinajstić information content (AvgIpc) is 3.22. The van der Waals surface area contributed by atoms with E-state index in [1.165, 1.54) is 12.8 Å². The Labute approximate surface area is 124 Å². The third kappa shape index (κ3) is 2.24. The van der Waals surface area contributed by atoms with Crippen molar-refractivity contribution in [2.45, 2.75) is 12.8 Å². The van der Waals surface area contributed by atoms with Crippen LogP contribution in [-0.2, 0) is 7.05 Å². The molecule has 108 valence electrons. The van der Waals surface area contributed by atoms with Gasteiger partial charge < -0.3 is 9.88 Å². The molecule has 1 aromatic heterocycles. The second-order valence-corrected chi connectivity index (χ2v) is 6.23. The smallest absolute Gasteiger partial charge is 0.165 e. The molecule has 3 atom stereocenters.